The molecule has 2 aliphatic rings. The molecule has 0 saturated heterocycles. The third-order valence-corrected chi connectivity index (χ3v) is 6.52. The van der Waals surface area contributed by atoms with Crippen molar-refractivity contribution >= 4 is 16.8 Å². The second-order valence-electron chi connectivity index (χ2n) is 8.41. The van der Waals surface area contributed by atoms with Gasteiger partial charge in [-0.05, 0) is 73.9 Å². The van der Waals surface area contributed by atoms with Gasteiger partial charge in [-0.3, -0.25) is 4.79 Å². The normalized spacial score (nSPS) is 24.8. The number of rotatable bonds is 5. The van der Waals surface area contributed by atoms with Crippen LogP contribution in [0.3, 0.4) is 0 Å². The van der Waals surface area contributed by atoms with Gasteiger partial charge in [-0.25, -0.2) is 14.4 Å². The Balaban J connectivity index is 1.18. The molecule has 1 heterocycles. The van der Waals surface area contributed by atoms with Crippen molar-refractivity contribution in [3.63, 3.8) is 0 Å². The molecule has 0 spiro atoms. The van der Waals surface area contributed by atoms with Crippen LogP contribution >= 0.6 is 0 Å². The van der Waals surface area contributed by atoms with Crippen molar-refractivity contribution in [2.45, 2.75) is 31.9 Å². The van der Waals surface area contributed by atoms with Crippen molar-refractivity contribution in [1.29, 1.82) is 5.26 Å². The van der Waals surface area contributed by atoms with Gasteiger partial charge in [0, 0.05) is 17.7 Å². The number of amides is 1. The number of halogens is 1. The Labute approximate surface area is 179 Å². The molecule has 0 unspecified atom stereocenters. The molecule has 2 aliphatic carbocycles. The highest BCUT2D eigenvalue weighted by Gasteiger charge is 2.58. The molecule has 5 rings (SSSR count). The van der Waals surface area contributed by atoms with Gasteiger partial charge in [0.15, 0.2) is 0 Å². The molecule has 2 aromatic carbocycles. The van der Waals surface area contributed by atoms with E-state index >= 15 is 0 Å². The Morgan fingerprint density at radius 1 is 1.19 bits per heavy atom. The highest BCUT2D eigenvalue weighted by Crippen LogP contribution is 2.59. The number of carbonyl (C=O) groups is 1. The lowest BCUT2D eigenvalue weighted by Gasteiger charge is -2.20. The standard InChI is InChI=1S/C24H21FN4O2/c1-13(29-23(30)15-4-2-14(11-26)3-5-15)22-19-9-17(10-20(19)22)31-24-18-7-6-16(25)8-21(18)27-12-28-24/h2-8,12-13,17,19-20,22H,9-10H2,1H3,(H,29,30)/t13-,17-,19-,20+,22+/m0/s1. The Morgan fingerprint density at radius 2 is 1.94 bits per heavy atom. The van der Waals surface area contributed by atoms with E-state index in [0.29, 0.717) is 45.7 Å². The molecule has 6 nitrogen and oxygen atoms in total. The predicted molar refractivity (Wildman–Crippen MR) is 112 cm³/mol. The number of ether oxygens (including phenoxy) is 1. The lowest BCUT2D eigenvalue weighted by Crippen LogP contribution is -2.36. The summed E-state index contributed by atoms with van der Waals surface area (Å²) in [4.78, 5) is 20.9. The molecule has 7 heteroatoms. The lowest BCUT2D eigenvalue weighted by atomic mass is 10.0. The average Bonchev–Trinajstić information content (AvgIpc) is 3.29. The van der Waals surface area contributed by atoms with Gasteiger partial charge >= 0.3 is 0 Å². The summed E-state index contributed by atoms with van der Waals surface area (Å²) in [5.74, 6) is 1.53. The van der Waals surface area contributed by atoms with Gasteiger partial charge in [-0.2, -0.15) is 5.26 Å². The van der Waals surface area contributed by atoms with Crippen molar-refractivity contribution in [1.82, 2.24) is 15.3 Å². The molecular formula is C24H21FN4O2. The van der Waals surface area contributed by atoms with Gasteiger partial charge in [-0.1, -0.05) is 0 Å². The van der Waals surface area contributed by atoms with E-state index in [1.54, 1.807) is 30.3 Å². The maximum atomic E-state index is 13.4. The Hall–Kier alpha value is -3.53. The number of hydrogen-bond donors (Lipinski definition) is 1. The first-order chi connectivity index (χ1) is 15.0. The van der Waals surface area contributed by atoms with E-state index in [1.807, 2.05) is 6.92 Å². The molecule has 0 bridgehead atoms. The number of fused-ring (bicyclic) bond motifs is 2. The summed E-state index contributed by atoms with van der Waals surface area (Å²) in [6, 6.07) is 13.2. The third-order valence-electron chi connectivity index (χ3n) is 6.52. The molecule has 0 aliphatic heterocycles. The van der Waals surface area contributed by atoms with Crippen LogP contribution < -0.4 is 10.1 Å². The minimum Gasteiger partial charge on any atom is -0.474 e. The summed E-state index contributed by atoms with van der Waals surface area (Å²) in [5, 5.41) is 12.7. The van der Waals surface area contributed by atoms with Crippen LogP contribution in [0.25, 0.3) is 10.9 Å². The first-order valence-electron chi connectivity index (χ1n) is 10.4. The largest absolute Gasteiger partial charge is 0.474 e. The molecule has 2 fully saturated rings. The van der Waals surface area contributed by atoms with Crippen molar-refractivity contribution in [3.05, 3.63) is 65.7 Å². The summed E-state index contributed by atoms with van der Waals surface area (Å²) in [7, 11) is 0. The molecule has 1 aromatic heterocycles. The fourth-order valence-electron chi connectivity index (χ4n) is 5.02. The van der Waals surface area contributed by atoms with Gasteiger partial charge in [-0.15, -0.1) is 0 Å². The Bertz CT molecular complexity index is 1180. The monoisotopic (exact) mass is 416 g/mol. The molecule has 3 aromatic rings. The number of nitriles is 1. The second kappa shape index (κ2) is 7.62. The Morgan fingerprint density at radius 3 is 2.65 bits per heavy atom. The Kier molecular flexibility index (Phi) is 4.78. The number of carbonyl (C=O) groups excluding carboxylic acids is 1. The molecule has 2 saturated carbocycles. The molecular weight excluding hydrogens is 395 g/mol. The van der Waals surface area contributed by atoms with Crippen molar-refractivity contribution in [2.75, 3.05) is 0 Å². The number of hydrogen-bond acceptors (Lipinski definition) is 5. The third kappa shape index (κ3) is 3.70. The van der Waals surface area contributed by atoms with E-state index in [-0.39, 0.29) is 23.9 Å². The highest BCUT2D eigenvalue weighted by atomic mass is 19.1. The van der Waals surface area contributed by atoms with Gasteiger partial charge in [0.25, 0.3) is 5.91 Å². The SMILES string of the molecule is C[C@H](NC(=O)c1ccc(C#N)cc1)[C@H]1[C@@H]2C[C@@H](Oc3ncnc4cc(F)ccc34)C[C@@H]21. The van der Waals surface area contributed by atoms with Crippen LogP contribution in [-0.4, -0.2) is 28.0 Å². The summed E-state index contributed by atoms with van der Waals surface area (Å²) < 4.78 is 19.6. The van der Waals surface area contributed by atoms with Crippen LogP contribution in [0, 0.1) is 34.9 Å². The fourth-order valence-corrected chi connectivity index (χ4v) is 5.02. The molecule has 0 radical (unpaired) electrons. The molecule has 1 N–H and O–H groups in total. The molecule has 156 valence electrons. The van der Waals surface area contributed by atoms with Crippen molar-refractivity contribution in [3.8, 4) is 11.9 Å². The maximum absolute atomic E-state index is 13.4. The van der Waals surface area contributed by atoms with Crippen LogP contribution in [0.4, 0.5) is 4.39 Å². The van der Waals surface area contributed by atoms with Crippen molar-refractivity contribution < 1.29 is 13.9 Å². The van der Waals surface area contributed by atoms with E-state index in [4.69, 9.17) is 10.00 Å². The zero-order valence-electron chi connectivity index (χ0n) is 17.0. The highest BCUT2D eigenvalue weighted by molar-refractivity contribution is 5.94. The molecule has 1 amide bonds. The number of aromatic nitrogens is 2. The smallest absolute Gasteiger partial charge is 0.251 e. The quantitative estimate of drug-likeness (QED) is 0.682. The number of benzene rings is 2. The maximum Gasteiger partial charge on any atom is 0.251 e. The second-order valence-corrected chi connectivity index (χ2v) is 8.41. The fraction of sp³-hybridized carbons (Fsp3) is 0.333. The topological polar surface area (TPSA) is 87.9 Å². The zero-order valence-corrected chi connectivity index (χ0v) is 17.0. The summed E-state index contributed by atoms with van der Waals surface area (Å²) >= 11 is 0. The first kappa shape index (κ1) is 19.4. The van der Waals surface area contributed by atoms with E-state index in [2.05, 4.69) is 21.4 Å². The van der Waals surface area contributed by atoms with Crippen LogP contribution in [-0.2, 0) is 0 Å². The van der Waals surface area contributed by atoms with Gasteiger partial charge < -0.3 is 10.1 Å². The van der Waals surface area contributed by atoms with Crippen LogP contribution in [0.1, 0.15) is 35.7 Å². The number of nitrogens with one attached hydrogen (secondary N) is 1. The van der Waals surface area contributed by atoms with Crippen LogP contribution in [0.2, 0.25) is 0 Å². The summed E-state index contributed by atoms with van der Waals surface area (Å²) in [6.45, 7) is 2.05. The van der Waals surface area contributed by atoms with Crippen LogP contribution in [0.15, 0.2) is 48.8 Å². The minimum absolute atomic E-state index is 0.0656. The van der Waals surface area contributed by atoms with E-state index in [0.717, 1.165) is 12.8 Å². The number of nitrogens with zero attached hydrogens (tertiary/aromatic N) is 3. The van der Waals surface area contributed by atoms with Gasteiger partial charge in [0.05, 0.1) is 22.5 Å². The van der Waals surface area contributed by atoms with Crippen LogP contribution in [0.5, 0.6) is 5.88 Å². The zero-order chi connectivity index (χ0) is 21.5. The lowest BCUT2D eigenvalue weighted by molar-refractivity contribution is 0.0930. The van der Waals surface area contributed by atoms with E-state index in [1.165, 1.54) is 18.5 Å². The summed E-state index contributed by atoms with van der Waals surface area (Å²) in [6.07, 6.45) is 3.30. The van der Waals surface area contributed by atoms with Crippen molar-refractivity contribution in [2.24, 2.45) is 17.8 Å². The average molecular weight is 416 g/mol. The van der Waals surface area contributed by atoms with Gasteiger partial charge in [0.2, 0.25) is 5.88 Å². The predicted octanol–water partition coefficient (Wildman–Crippen LogP) is 3.86. The summed E-state index contributed by atoms with van der Waals surface area (Å²) in [5.41, 5.74) is 1.63. The van der Waals surface area contributed by atoms with E-state index in [9.17, 15) is 9.18 Å². The van der Waals surface area contributed by atoms with E-state index < -0.39 is 0 Å². The molecule has 5 atom stereocenters. The minimum atomic E-state index is -0.334. The first-order valence-corrected chi connectivity index (χ1v) is 10.4. The molecule has 31 heavy (non-hydrogen) atoms. The van der Waals surface area contributed by atoms with Gasteiger partial charge in [0.1, 0.15) is 18.2 Å².